The van der Waals surface area contributed by atoms with Crippen LogP contribution in [0.4, 0.5) is 36.8 Å². The Hall–Kier alpha value is -3.97. The van der Waals surface area contributed by atoms with Crippen molar-refractivity contribution in [3.8, 4) is 11.6 Å². The van der Waals surface area contributed by atoms with Crippen LogP contribution in [0.25, 0.3) is 11.6 Å². The van der Waals surface area contributed by atoms with Gasteiger partial charge in [0.05, 0.1) is 0 Å². The number of nitrogens with two attached hydrogens (primary N) is 1. The van der Waals surface area contributed by atoms with Gasteiger partial charge in [0.2, 0.25) is 23.5 Å². The normalized spacial score (nSPS) is 14.5. The number of carbonyl (C=O) groups excluding carboxylic acids is 1. The minimum Gasteiger partial charge on any atom is -0.368 e. The molecule has 11 nitrogen and oxygen atoms in total. The summed E-state index contributed by atoms with van der Waals surface area (Å²) in [5.41, 5.74) is 6.65. The standard InChI is InChI=1S/C18H18F3N9O2/c1-28(11-5-3-2-4-6-11)16-24-12(23-15(22)26-16)13-25-17(32-27-13)30-9-7-29(8-10-30)14(31)18(19,20)21/h2-6H,7-10H2,1H3,(H2,22,23,24,26). The van der Waals surface area contributed by atoms with Gasteiger partial charge in [0.15, 0.2) is 0 Å². The van der Waals surface area contributed by atoms with Crippen molar-refractivity contribution in [1.82, 2.24) is 30.0 Å². The van der Waals surface area contributed by atoms with Gasteiger partial charge in [-0.05, 0) is 12.1 Å². The number of para-hydroxylation sites is 1. The Balaban J connectivity index is 1.50. The van der Waals surface area contributed by atoms with E-state index in [4.69, 9.17) is 10.3 Å². The molecule has 4 rings (SSSR count). The molecule has 0 radical (unpaired) electrons. The highest BCUT2D eigenvalue weighted by molar-refractivity contribution is 5.82. The molecule has 1 saturated heterocycles. The van der Waals surface area contributed by atoms with E-state index >= 15 is 0 Å². The fourth-order valence-electron chi connectivity index (χ4n) is 3.11. The van der Waals surface area contributed by atoms with Gasteiger partial charge in [-0.25, -0.2) is 0 Å². The first-order valence-corrected chi connectivity index (χ1v) is 9.48. The molecule has 1 amide bonds. The van der Waals surface area contributed by atoms with Gasteiger partial charge in [0.1, 0.15) is 0 Å². The second-order valence-electron chi connectivity index (χ2n) is 6.89. The van der Waals surface area contributed by atoms with Crippen molar-refractivity contribution in [2.75, 3.05) is 48.8 Å². The monoisotopic (exact) mass is 449 g/mol. The van der Waals surface area contributed by atoms with Gasteiger partial charge >= 0.3 is 18.1 Å². The summed E-state index contributed by atoms with van der Waals surface area (Å²) >= 11 is 0. The minimum absolute atomic E-state index is 0.0431. The third kappa shape index (κ3) is 4.38. The third-order valence-electron chi connectivity index (χ3n) is 4.78. The summed E-state index contributed by atoms with van der Waals surface area (Å²) < 4.78 is 43.0. The Morgan fingerprint density at radius 2 is 1.72 bits per heavy atom. The lowest BCUT2D eigenvalue weighted by atomic mass is 10.3. The van der Waals surface area contributed by atoms with Crippen LogP contribution in [-0.2, 0) is 4.79 Å². The van der Waals surface area contributed by atoms with Crippen LogP contribution in [0.5, 0.6) is 0 Å². The Morgan fingerprint density at radius 3 is 2.38 bits per heavy atom. The molecule has 0 atom stereocenters. The molecule has 0 bridgehead atoms. The number of nitrogen functional groups attached to an aromatic ring is 1. The van der Waals surface area contributed by atoms with Crippen LogP contribution < -0.4 is 15.5 Å². The number of carbonyl (C=O) groups is 1. The number of alkyl halides is 3. The molecule has 0 saturated carbocycles. The van der Waals surface area contributed by atoms with Gasteiger partial charge < -0.3 is 25.0 Å². The number of halogens is 3. The summed E-state index contributed by atoms with van der Waals surface area (Å²) in [5.74, 6) is -1.51. The molecule has 0 aliphatic carbocycles. The molecule has 2 aromatic heterocycles. The number of amides is 1. The lowest BCUT2D eigenvalue weighted by molar-refractivity contribution is -0.185. The highest BCUT2D eigenvalue weighted by atomic mass is 19.4. The van der Waals surface area contributed by atoms with E-state index in [9.17, 15) is 18.0 Å². The van der Waals surface area contributed by atoms with E-state index in [0.29, 0.717) is 0 Å². The average molecular weight is 449 g/mol. The van der Waals surface area contributed by atoms with Crippen molar-refractivity contribution in [2.45, 2.75) is 6.18 Å². The van der Waals surface area contributed by atoms with Crippen LogP contribution in [0, 0.1) is 0 Å². The number of hydrogen-bond donors (Lipinski definition) is 1. The summed E-state index contributed by atoms with van der Waals surface area (Å²) in [6, 6.07) is 9.43. The summed E-state index contributed by atoms with van der Waals surface area (Å²) in [4.78, 5) is 32.2. The molecule has 0 unspecified atom stereocenters. The third-order valence-corrected chi connectivity index (χ3v) is 4.78. The number of rotatable bonds is 4. The van der Waals surface area contributed by atoms with Gasteiger partial charge in [-0.1, -0.05) is 23.4 Å². The first-order valence-electron chi connectivity index (χ1n) is 9.48. The zero-order valence-corrected chi connectivity index (χ0v) is 16.8. The first-order chi connectivity index (χ1) is 15.2. The SMILES string of the molecule is CN(c1ccccc1)c1nc(N)nc(-c2noc(N3CCN(C(=O)C(F)(F)F)CC3)n2)n1. The second kappa shape index (κ2) is 8.28. The van der Waals surface area contributed by atoms with Gasteiger partial charge in [-0.15, -0.1) is 0 Å². The number of aromatic nitrogens is 5. The molecular weight excluding hydrogens is 431 g/mol. The smallest absolute Gasteiger partial charge is 0.368 e. The molecular formula is C18H18F3N9O2. The van der Waals surface area contributed by atoms with Crippen molar-refractivity contribution in [2.24, 2.45) is 0 Å². The van der Waals surface area contributed by atoms with Crippen molar-refractivity contribution in [3.05, 3.63) is 30.3 Å². The highest BCUT2D eigenvalue weighted by Crippen LogP contribution is 2.25. The fraction of sp³-hybridized carbons (Fsp3) is 0.333. The quantitative estimate of drug-likeness (QED) is 0.625. The van der Waals surface area contributed by atoms with Crippen LogP contribution in [0.2, 0.25) is 0 Å². The lowest BCUT2D eigenvalue weighted by Gasteiger charge is -2.33. The molecule has 1 aliphatic rings. The number of benzene rings is 1. The Kier molecular flexibility index (Phi) is 5.50. The average Bonchev–Trinajstić information content (AvgIpc) is 3.28. The molecule has 3 aromatic rings. The van der Waals surface area contributed by atoms with Crippen LogP contribution >= 0.6 is 0 Å². The Bertz CT molecular complexity index is 1100. The molecule has 1 aliphatic heterocycles. The zero-order chi connectivity index (χ0) is 22.9. The van der Waals surface area contributed by atoms with Gasteiger partial charge in [0.25, 0.3) is 0 Å². The summed E-state index contributed by atoms with van der Waals surface area (Å²) in [7, 11) is 1.76. The molecule has 2 N–H and O–H groups in total. The van der Waals surface area contributed by atoms with Crippen molar-refractivity contribution < 1.29 is 22.5 Å². The van der Waals surface area contributed by atoms with Gasteiger partial charge in [-0.2, -0.15) is 33.1 Å². The number of piperazine rings is 1. The Labute approximate surface area is 179 Å². The van der Waals surface area contributed by atoms with Crippen LogP contribution in [-0.4, -0.2) is 75.3 Å². The number of anilines is 4. The summed E-state index contributed by atoms with van der Waals surface area (Å²) in [6.45, 7) is -0.0445. The summed E-state index contributed by atoms with van der Waals surface area (Å²) in [6.07, 6.45) is -4.90. The molecule has 1 fully saturated rings. The van der Waals surface area contributed by atoms with E-state index < -0.39 is 12.1 Å². The van der Waals surface area contributed by atoms with Crippen molar-refractivity contribution in [3.63, 3.8) is 0 Å². The molecule has 32 heavy (non-hydrogen) atoms. The van der Waals surface area contributed by atoms with E-state index in [0.717, 1.165) is 10.6 Å². The van der Waals surface area contributed by atoms with Crippen molar-refractivity contribution >= 4 is 29.5 Å². The molecule has 0 spiro atoms. The predicted molar refractivity (Wildman–Crippen MR) is 107 cm³/mol. The molecule has 168 valence electrons. The fourth-order valence-corrected chi connectivity index (χ4v) is 3.11. The summed E-state index contributed by atoms with van der Waals surface area (Å²) in [5, 5.41) is 3.85. The molecule has 3 heterocycles. The zero-order valence-electron chi connectivity index (χ0n) is 16.8. The van der Waals surface area contributed by atoms with Gasteiger partial charge in [0, 0.05) is 38.9 Å². The largest absolute Gasteiger partial charge is 0.471 e. The van der Waals surface area contributed by atoms with Crippen LogP contribution in [0.15, 0.2) is 34.9 Å². The first kappa shape index (κ1) is 21.3. The molecule has 14 heteroatoms. The van der Waals surface area contributed by atoms with E-state index in [1.165, 1.54) is 0 Å². The Morgan fingerprint density at radius 1 is 1.03 bits per heavy atom. The number of nitrogens with zero attached hydrogens (tertiary/aromatic N) is 8. The highest BCUT2D eigenvalue weighted by Gasteiger charge is 2.43. The van der Waals surface area contributed by atoms with Crippen LogP contribution in [0.3, 0.4) is 0 Å². The van der Waals surface area contributed by atoms with Crippen LogP contribution in [0.1, 0.15) is 0 Å². The molecule has 1 aromatic carbocycles. The number of hydrogen-bond acceptors (Lipinski definition) is 10. The predicted octanol–water partition coefficient (Wildman–Crippen LogP) is 1.48. The van der Waals surface area contributed by atoms with E-state index in [-0.39, 0.29) is 55.7 Å². The maximum Gasteiger partial charge on any atom is 0.471 e. The van der Waals surface area contributed by atoms with E-state index in [1.54, 1.807) is 16.8 Å². The van der Waals surface area contributed by atoms with Crippen molar-refractivity contribution in [1.29, 1.82) is 0 Å². The van der Waals surface area contributed by atoms with Gasteiger partial charge in [-0.3, -0.25) is 4.79 Å². The topological polar surface area (TPSA) is 130 Å². The second-order valence-corrected chi connectivity index (χ2v) is 6.89. The maximum atomic E-state index is 12.6. The lowest BCUT2D eigenvalue weighted by Crippen LogP contribution is -2.52. The maximum absolute atomic E-state index is 12.6. The minimum atomic E-state index is -4.90. The van der Waals surface area contributed by atoms with E-state index in [2.05, 4.69) is 25.1 Å². The van der Waals surface area contributed by atoms with E-state index in [1.807, 2.05) is 30.3 Å².